The molecule has 0 spiro atoms. The summed E-state index contributed by atoms with van der Waals surface area (Å²) in [4.78, 5) is 21.6. The summed E-state index contributed by atoms with van der Waals surface area (Å²) >= 11 is 1.91. The minimum absolute atomic E-state index is 0.0290. The van der Waals surface area contributed by atoms with E-state index in [0.29, 0.717) is 3.57 Å². The van der Waals surface area contributed by atoms with Gasteiger partial charge in [0.05, 0.1) is 10.6 Å². The van der Waals surface area contributed by atoms with Crippen molar-refractivity contribution >= 4 is 51.4 Å². The first-order valence-electron chi connectivity index (χ1n) is 8.21. The fourth-order valence-electron chi connectivity index (χ4n) is 2.56. The van der Waals surface area contributed by atoms with E-state index in [2.05, 4.69) is 10.6 Å². The van der Waals surface area contributed by atoms with Gasteiger partial charge >= 0.3 is 11.8 Å². The van der Waals surface area contributed by atoms with Gasteiger partial charge in [-0.15, -0.1) is 0 Å². The van der Waals surface area contributed by atoms with Gasteiger partial charge in [0, 0.05) is 27.5 Å². The van der Waals surface area contributed by atoms with Crippen LogP contribution in [0.4, 0.5) is 36.3 Å². The van der Waals surface area contributed by atoms with Crippen molar-refractivity contribution in [2.75, 3.05) is 10.6 Å². The number of halogens is 3. The maximum Gasteiger partial charge on any atom is 0.409 e. The van der Waals surface area contributed by atoms with Crippen LogP contribution in [0.3, 0.4) is 0 Å². The highest BCUT2D eigenvalue weighted by molar-refractivity contribution is 14.1. The third-order valence-electron chi connectivity index (χ3n) is 3.74. The van der Waals surface area contributed by atoms with E-state index in [1.165, 1.54) is 36.4 Å². The Morgan fingerprint density at radius 1 is 1.10 bits per heavy atom. The van der Waals surface area contributed by atoms with Gasteiger partial charge in [-0.25, -0.2) is 13.6 Å². The lowest BCUT2D eigenvalue weighted by molar-refractivity contribution is -0.384. The molecule has 0 radical (unpaired) electrons. The van der Waals surface area contributed by atoms with Crippen molar-refractivity contribution in [3.63, 3.8) is 0 Å². The van der Waals surface area contributed by atoms with Crippen LogP contribution in [0.1, 0.15) is 0 Å². The Bertz CT molecular complexity index is 1140. The molecule has 154 valence electrons. The van der Waals surface area contributed by atoms with Gasteiger partial charge in [0.25, 0.3) is 0 Å². The van der Waals surface area contributed by atoms with Gasteiger partial charge in [-0.3, -0.25) is 15.4 Å². The third-order valence-corrected chi connectivity index (χ3v) is 4.41. The predicted octanol–water partition coefficient (Wildman–Crippen LogP) is 6.10. The largest absolute Gasteiger partial charge is 0.465 e. The zero-order valence-electron chi connectivity index (χ0n) is 14.9. The van der Waals surface area contributed by atoms with Crippen molar-refractivity contribution in [2.45, 2.75) is 0 Å². The molecule has 3 rings (SSSR count). The average molecular weight is 527 g/mol. The minimum atomic E-state index is -1.31. The molecule has 0 aliphatic carbocycles. The molecular weight excluding hydrogens is 515 g/mol. The molecule has 1 amide bonds. The van der Waals surface area contributed by atoms with Crippen LogP contribution >= 0.6 is 22.6 Å². The predicted molar refractivity (Wildman–Crippen MR) is 114 cm³/mol. The standard InChI is InChI=1S/C19H12F2IN3O5/c20-10-6-16(24-15-5-4-11(22)8-14(15)21)18(25(28)29)17(7-10)30-13-3-1-2-12(9-13)23-19(26)27/h1-9,23-24H,(H,26,27). The number of nitrogens with one attached hydrogen (secondary N) is 2. The molecule has 0 unspecified atom stereocenters. The molecule has 0 aliphatic heterocycles. The van der Waals surface area contributed by atoms with Crippen molar-refractivity contribution in [1.82, 2.24) is 0 Å². The van der Waals surface area contributed by atoms with Crippen molar-refractivity contribution in [1.29, 1.82) is 0 Å². The summed E-state index contributed by atoms with van der Waals surface area (Å²) in [6.45, 7) is 0. The molecule has 8 nitrogen and oxygen atoms in total. The normalized spacial score (nSPS) is 10.4. The lowest BCUT2D eigenvalue weighted by atomic mass is 10.2. The van der Waals surface area contributed by atoms with E-state index >= 15 is 0 Å². The molecule has 0 atom stereocenters. The summed E-state index contributed by atoms with van der Waals surface area (Å²) in [5, 5.41) is 25.1. The fraction of sp³-hybridized carbons (Fsp3) is 0. The number of nitro groups is 1. The van der Waals surface area contributed by atoms with Crippen LogP contribution in [-0.2, 0) is 0 Å². The number of carboxylic acid groups (broad SMARTS) is 1. The number of hydrogen-bond acceptors (Lipinski definition) is 5. The summed E-state index contributed by atoms with van der Waals surface area (Å²) in [5.74, 6) is -1.94. The number of benzene rings is 3. The summed E-state index contributed by atoms with van der Waals surface area (Å²) in [5.41, 5.74) is -0.859. The lowest BCUT2D eigenvalue weighted by Crippen LogP contribution is -2.07. The monoisotopic (exact) mass is 527 g/mol. The zero-order chi connectivity index (χ0) is 21.8. The Labute approximate surface area is 181 Å². The molecule has 11 heteroatoms. The molecule has 0 saturated heterocycles. The van der Waals surface area contributed by atoms with E-state index in [-0.39, 0.29) is 22.8 Å². The van der Waals surface area contributed by atoms with Gasteiger partial charge in [0.15, 0.2) is 0 Å². The molecule has 0 aromatic heterocycles. The summed E-state index contributed by atoms with van der Waals surface area (Å²) in [6, 6.07) is 11.4. The van der Waals surface area contributed by atoms with E-state index in [9.17, 15) is 23.7 Å². The molecule has 0 fully saturated rings. The van der Waals surface area contributed by atoms with E-state index in [0.717, 1.165) is 12.1 Å². The number of ether oxygens (including phenoxy) is 1. The zero-order valence-corrected chi connectivity index (χ0v) is 17.0. The second-order valence-electron chi connectivity index (χ2n) is 5.87. The molecule has 0 heterocycles. The van der Waals surface area contributed by atoms with Crippen LogP contribution < -0.4 is 15.4 Å². The van der Waals surface area contributed by atoms with Crippen LogP contribution in [0.5, 0.6) is 11.5 Å². The Balaban J connectivity index is 2.01. The molecule has 3 aromatic carbocycles. The Kier molecular flexibility index (Phi) is 6.30. The number of nitro benzene ring substituents is 1. The van der Waals surface area contributed by atoms with Crippen molar-refractivity contribution in [3.8, 4) is 11.5 Å². The van der Waals surface area contributed by atoms with Crippen molar-refractivity contribution in [3.05, 3.63) is 79.9 Å². The summed E-state index contributed by atoms with van der Waals surface area (Å²) in [7, 11) is 0. The number of anilines is 3. The first-order valence-corrected chi connectivity index (χ1v) is 9.28. The molecular formula is C19H12F2IN3O5. The van der Waals surface area contributed by atoms with Gasteiger partial charge < -0.3 is 15.2 Å². The van der Waals surface area contributed by atoms with E-state index in [1.54, 1.807) is 6.07 Å². The summed E-state index contributed by atoms with van der Waals surface area (Å²) < 4.78 is 34.4. The Morgan fingerprint density at radius 2 is 1.87 bits per heavy atom. The topological polar surface area (TPSA) is 114 Å². The number of hydrogen-bond donors (Lipinski definition) is 3. The molecule has 0 aliphatic rings. The highest BCUT2D eigenvalue weighted by Crippen LogP contribution is 2.40. The van der Waals surface area contributed by atoms with Gasteiger partial charge in [0.2, 0.25) is 5.75 Å². The van der Waals surface area contributed by atoms with Gasteiger partial charge in [0.1, 0.15) is 23.1 Å². The first-order chi connectivity index (χ1) is 14.2. The van der Waals surface area contributed by atoms with Crippen LogP contribution in [-0.4, -0.2) is 16.1 Å². The fourth-order valence-corrected chi connectivity index (χ4v) is 3.01. The Hall–Kier alpha value is -3.48. The van der Waals surface area contributed by atoms with Crippen LogP contribution in [0.25, 0.3) is 0 Å². The first kappa shape index (κ1) is 21.2. The highest BCUT2D eigenvalue weighted by atomic mass is 127. The molecule has 0 saturated carbocycles. The number of amides is 1. The minimum Gasteiger partial charge on any atom is -0.465 e. The van der Waals surface area contributed by atoms with Crippen LogP contribution in [0.15, 0.2) is 54.6 Å². The van der Waals surface area contributed by atoms with Crippen molar-refractivity contribution in [2.24, 2.45) is 0 Å². The summed E-state index contributed by atoms with van der Waals surface area (Å²) in [6.07, 6.45) is -1.31. The smallest absolute Gasteiger partial charge is 0.409 e. The van der Waals surface area contributed by atoms with E-state index < -0.39 is 34.1 Å². The highest BCUT2D eigenvalue weighted by Gasteiger charge is 2.25. The van der Waals surface area contributed by atoms with Crippen LogP contribution in [0.2, 0.25) is 0 Å². The molecule has 30 heavy (non-hydrogen) atoms. The average Bonchev–Trinajstić information content (AvgIpc) is 2.63. The van der Waals surface area contributed by atoms with Gasteiger partial charge in [-0.05, 0) is 52.9 Å². The quantitative estimate of drug-likeness (QED) is 0.203. The number of rotatable bonds is 6. The van der Waals surface area contributed by atoms with Gasteiger partial charge in [-0.2, -0.15) is 0 Å². The van der Waals surface area contributed by atoms with Gasteiger partial charge in [-0.1, -0.05) is 6.07 Å². The maximum absolute atomic E-state index is 14.2. The van der Waals surface area contributed by atoms with Crippen molar-refractivity contribution < 1.29 is 28.3 Å². The van der Waals surface area contributed by atoms with Crippen LogP contribution in [0, 0.1) is 25.3 Å². The second kappa shape index (κ2) is 8.90. The number of carbonyl (C=O) groups is 1. The molecule has 0 bridgehead atoms. The number of nitrogens with zero attached hydrogens (tertiary/aromatic N) is 1. The Morgan fingerprint density at radius 3 is 2.53 bits per heavy atom. The second-order valence-corrected chi connectivity index (χ2v) is 7.11. The molecule has 3 N–H and O–H groups in total. The maximum atomic E-state index is 14.2. The SMILES string of the molecule is O=C(O)Nc1cccc(Oc2cc(F)cc(Nc3ccc(I)cc3F)c2[N+](=O)[O-])c1. The molecule has 3 aromatic rings. The van der Waals surface area contributed by atoms with E-state index in [4.69, 9.17) is 9.84 Å². The van der Waals surface area contributed by atoms with E-state index in [1.807, 2.05) is 22.6 Å². The third kappa shape index (κ3) is 5.11. The lowest BCUT2D eigenvalue weighted by Gasteiger charge is -2.13.